The summed E-state index contributed by atoms with van der Waals surface area (Å²) in [6, 6.07) is 0. The van der Waals surface area contributed by atoms with E-state index in [1.54, 1.807) is 0 Å². The number of rotatable bonds is 16. The average molecular weight is 305 g/mol. The molecule has 0 aliphatic rings. The zero-order valence-corrected chi connectivity index (χ0v) is 14.4. The summed E-state index contributed by atoms with van der Waals surface area (Å²) in [7, 11) is 2.09. The van der Waals surface area contributed by atoms with Crippen LogP contribution in [0.4, 0.5) is 0 Å². The lowest BCUT2D eigenvalue weighted by Gasteiger charge is -2.13. The maximum absolute atomic E-state index is 5.47. The van der Waals surface area contributed by atoms with Gasteiger partial charge in [0.15, 0.2) is 0 Å². The van der Waals surface area contributed by atoms with Gasteiger partial charge >= 0.3 is 0 Å². The van der Waals surface area contributed by atoms with Gasteiger partial charge in [-0.1, -0.05) is 20.8 Å². The molecule has 21 heavy (non-hydrogen) atoms. The van der Waals surface area contributed by atoms with Gasteiger partial charge in [0.25, 0.3) is 0 Å². The van der Waals surface area contributed by atoms with Crippen LogP contribution >= 0.6 is 0 Å². The monoisotopic (exact) mass is 305 g/mol. The molecule has 0 heterocycles. The standard InChI is InChI=1S/C16H35NO4/c1-5-17(4)7-9-19-11-13-21-15-14-20-12-10-18-8-6-16(2)3/h16H,5-15H2,1-4H3. The largest absolute Gasteiger partial charge is 0.379 e. The molecule has 0 aromatic heterocycles. The highest BCUT2D eigenvalue weighted by Crippen LogP contribution is 1.98. The van der Waals surface area contributed by atoms with E-state index in [0.29, 0.717) is 45.6 Å². The maximum atomic E-state index is 5.47. The molecular weight excluding hydrogens is 270 g/mol. The molecule has 0 fully saturated rings. The van der Waals surface area contributed by atoms with Crippen LogP contribution in [0.25, 0.3) is 0 Å². The van der Waals surface area contributed by atoms with E-state index in [1.165, 1.54) is 0 Å². The summed E-state index contributed by atoms with van der Waals surface area (Å²) in [6.07, 6.45) is 1.11. The minimum Gasteiger partial charge on any atom is -0.379 e. The first-order chi connectivity index (χ1) is 10.2. The number of likely N-dealkylation sites (N-methyl/N-ethyl adjacent to an activating group) is 1. The molecule has 5 nitrogen and oxygen atoms in total. The second-order valence-electron chi connectivity index (χ2n) is 5.53. The average Bonchev–Trinajstić information content (AvgIpc) is 2.46. The van der Waals surface area contributed by atoms with Gasteiger partial charge in [-0.2, -0.15) is 0 Å². The van der Waals surface area contributed by atoms with Crippen molar-refractivity contribution in [1.82, 2.24) is 4.90 Å². The summed E-state index contributed by atoms with van der Waals surface area (Å²) in [5.41, 5.74) is 0. The number of hydrogen-bond donors (Lipinski definition) is 0. The van der Waals surface area contributed by atoms with E-state index < -0.39 is 0 Å². The van der Waals surface area contributed by atoms with Crippen molar-refractivity contribution < 1.29 is 18.9 Å². The Morgan fingerprint density at radius 3 is 1.57 bits per heavy atom. The number of nitrogens with zero attached hydrogens (tertiary/aromatic N) is 1. The normalized spacial score (nSPS) is 11.7. The van der Waals surface area contributed by atoms with Gasteiger partial charge in [0.05, 0.1) is 46.2 Å². The Balaban J connectivity index is 2.99. The minimum atomic E-state index is 0.615. The molecule has 0 N–H and O–H groups in total. The predicted molar refractivity (Wildman–Crippen MR) is 85.9 cm³/mol. The Bertz CT molecular complexity index is 203. The van der Waals surface area contributed by atoms with Gasteiger partial charge in [-0.25, -0.2) is 0 Å². The summed E-state index contributed by atoms with van der Waals surface area (Å²) in [5, 5.41) is 0. The minimum absolute atomic E-state index is 0.615. The van der Waals surface area contributed by atoms with Crippen molar-refractivity contribution in [2.75, 3.05) is 73.0 Å². The number of ether oxygens (including phenoxy) is 4. The first-order valence-electron chi connectivity index (χ1n) is 8.16. The third-order valence-electron chi connectivity index (χ3n) is 3.11. The van der Waals surface area contributed by atoms with Crippen LogP contribution in [0.2, 0.25) is 0 Å². The topological polar surface area (TPSA) is 40.2 Å². The Morgan fingerprint density at radius 2 is 1.14 bits per heavy atom. The van der Waals surface area contributed by atoms with Crippen LogP contribution in [0, 0.1) is 5.92 Å². The van der Waals surface area contributed by atoms with E-state index in [9.17, 15) is 0 Å². The van der Waals surface area contributed by atoms with Crippen LogP contribution in [0.15, 0.2) is 0 Å². The molecule has 0 atom stereocenters. The Hall–Kier alpha value is -0.200. The van der Waals surface area contributed by atoms with Crippen molar-refractivity contribution in [3.63, 3.8) is 0 Å². The molecule has 5 heteroatoms. The first-order valence-corrected chi connectivity index (χ1v) is 8.16. The van der Waals surface area contributed by atoms with E-state index in [-0.39, 0.29) is 0 Å². The van der Waals surface area contributed by atoms with Crippen LogP contribution in [0.1, 0.15) is 27.2 Å². The highest BCUT2D eigenvalue weighted by Gasteiger charge is 1.96. The van der Waals surface area contributed by atoms with Gasteiger partial charge in [0.2, 0.25) is 0 Å². The molecule has 0 aliphatic carbocycles. The second-order valence-corrected chi connectivity index (χ2v) is 5.53. The molecule has 0 unspecified atom stereocenters. The molecule has 0 aliphatic heterocycles. The van der Waals surface area contributed by atoms with Crippen LogP contribution in [-0.2, 0) is 18.9 Å². The fraction of sp³-hybridized carbons (Fsp3) is 1.00. The summed E-state index contributed by atoms with van der Waals surface area (Å²) in [5.74, 6) is 0.698. The highest BCUT2D eigenvalue weighted by molar-refractivity contribution is 4.45. The molecule has 0 saturated carbocycles. The third-order valence-corrected chi connectivity index (χ3v) is 3.11. The Kier molecular flexibility index (Phi) is 16.0. The fourth-order valence-electron chi connectivity index (χ4n) is 1.46. The van der Waals surface area contributed by atoms with Crippen molar-refractivity contribution in [3.05, 3.63) is 0 Å². The van der Waals surface area contributed by atoms with Crippen LogP contribution in [-0.4, -0.2) is 77.9 Å². The predicted octanol–water partition coefficient (Wildman–Crippen LogP) is 2.05. The molecular formula is C16H35NO4. The Labute approximate surface area is 130 Å². The van der Waals surface area contributed by atoms with Crippen LogP contribution in [0.3, 0.4) is 0 Å². The van der Waals surface area contributed by atoms with E-state index in [1.807, 2.05) is 0 Å². The van der Waals surface area contributed by atoms with Crippen molar-refractivity contribution in [1.29, 1.82) is 0 Å². The van der Waals surface area contributed by atoms with E-state index >= 15 is 0 Å². The molecule has 0 saturated heterocycles. The van der Waals surface area contributed by atoms with Gasteiger partial charge in [-0.3, -0.25) is 0 Å². The lowest BCUT2D eigenvalue weighted by atomic mass is 10.1. The van der Waals surface area contributed by atoms with Gasteiger partial charge in [-0.05, 0) is 25.9 Å². The first kappa shape index (κ1) is 20.8. The molecule has 0 spiro atoms. The summed E-state index contributed by atoms with van der Waals surface area (Å²) < 4.78 is 21.8. The smallest absolute Gasteiger partial charge is 0.0701 e. The van der Waals surface area contributed by atoms with E-state index in [4.69, 9.17) is 18.9 Å². The quantitative estimate of drug-likeness (QED) is 0.408. The van der Waals surface area contributed by atoms with Crippen LogP contribution < -0.4 is 0 Å². The summed E-state index contributed by atoms with van der Waals surface area (Å²) in [4.78, 5) is 2.22. The van der Waals surface area contributed by atoms with Gasteiger partial charge < -0.3 is 23.8 Å². The van der Waals surface area contributed by atoms with Gasteiger partial charge in [0.1, 0.15) is 0 Å². The zero-order valence-electron chi connectivity index (χ0n) is 14.4. The molecule has 0 aromatic rings. The maximum Gasteiger partial charge on any atom is 0.0701 e. The third kappa shape index (κ3) is 17.7. The van der Waals surface area contributed by atoms with Crippen LogP contribution in [0.5, 0.6) is 0 Å². The van der Waals surface area contributed by atoms with E-state index in [0.717, 1.165) is 32.7 Å². The van der Waals surface area contributed by atoms with Crippen molar-refractivity contribution in [2.24, 2.45) is 5.92 Å². The van der Waals surface area contributed by atoms with Gasteiger partial charge in [0, 0.05) is 13.2 Å². The highest BCUT2D eigenvalue weighted by atomic mass is 16.6. The summed E-state index contributed by atoms with van der Waals surface area (Å²) >= 11 is 0. The Morgan fingerprint density at radius 1 is 0.714 bits per heavy atom. The molecule has 0 radical (unpaired) electrons. The second kappa shape index (κ2) is 16.2. The number of hydrogen-bond acceptors (Lipinski definition) is 5. The molecule has 0 rings (SSSR count). The molecule has 0 aromatic carbocycles. The fourth-order valence-corrected chi connectivity index (χ4v) is 1.46. The van der Waals surface area contributed by atoms with E-state index in [2.05, 4.69) is 32.7 Å². The molecule has 128 valence electrons. The molecule has 0 amide bonds. The van der Waals surface area contributed by atoms with Crippen molar-refractivity contribution >= 4 is 0 Å². The zero-order chi connectivity index (χ0) is 15.8. The van der Waals surface area contributed by atoms with Crippen molar-refractivity contribution in [2.45, 2.75) is 27.2 Å². The van der Waals surface area contributed by atoms with Gasteiger partial charge in [-0.15, -0.1) is 0 Å². The lowest BCUT2D eigenvalue weighted by molar-refractivity contribution is -0.00410. The van der Waals surface area contributed by atoms with Crippen molar-refractivity contribution in [3.8, 4) is 0 Å². The summed E-state index contributed by atoms with van der Waals surface area (Å²) in [6.45, 7) is 14.0. The SMILES string of the molecule is CCN(C)CCOCCOCCOCCOCCC(C)C. The molecule has 0 bridgehead atoms. The lowest BCUT2D eigenvalue weighted by Crippen LogP contribution is -2.23.